The Kier molecular flexibility index (Phi) is 26.3. The van der Waals surface area contributed by atoms with Crippen LogP contribution in [0.1, 0.15) is 151 Å². The highest BCUT2D eigenvalue weighted by Crippen LogP contribution is 2.62. The van der Waals surface area contributed by atoms with Crippen LogP contribution in [0, 0.1) is 65.1 Å². The van der Waals surface area contributed by atoms with E-state index in [2.05, 4.69) is 125 Å². The number of hydrogen-bond donors (Lipinski definition) is 7. The lowest BCUT2D eigenvalue weighted by atomic mass is 9.45. The Balaban J connectivity index is 0.000000223. The molecule has 13 rings (SSSR count). The number of fused-ring (bicyclic) bond motifs is 4. The Morgan fingerprint density at radius 1 is 0.635 bits per heavy atom. The molecule has 8 aliphatic rings. The number of ether oxygens (including phenoxy) is 2. The van der Waals surface area contributed by atoms with Crippen LogP contribution in [-0.2, 0) is 58.8 Å². The van der Waals surface area contributed by atoms with Crippen LogP contribution < -0.4 is 30.3 Å². The summed E-state index contributed by atoms with van der Waals surface area (Å²) in [5.41, 5.74) is 11.7. The Bertz CT molecular complexity index is 3690. The van der Waals surface area contributed by atoms with Gasteiger partial charge < -0.3 is 60.5 Å². The SMILES string of the molecule is COc1c(CN2O[C@@H](CO)[C@H]([C@H](C)O)[C@H]2C(=O)N[C@H]2C[C@H]3C[C@@H]([C@@H]2C)C3(C)C)cccc1-c1cc(C(=O)NCc2cc(C)n(C)n2)cc(N(C)C)c1.COc1c(CN2O[C@@H](CO)[C@H]([C@H](C)O)[C@H]2C(=O)N[C@H]2C[C@H]3C[C@@H]([C@@H]2C)C3(C)C)cccc1-c1cc(CCCCN(C)C)cc(CCCCN(C)C)c1. The standard InChI is InChI=1S/C43H68N4O5.C40H56N6O6/c1-28-36-24-34(43(36,3)4)25-37(28)44-42(50)40-39(29(2)49)38(27-48)52-47(40)26-32-17-14-18-35(41(32)51-9)33-22-30(15-10-12-19-45(5)6)21-31(23-33)16-11-13-20-46(7)8;1-22-13-29(43-45(22)8)19-41-38(49)27-14-26(15-30(16-27)44(6)7)31-12-10-11-25(37(31)51-9)20-46-36(35(24(3)48)34(21-47)52-46)39(50)42-33-18-28-17-32(23(33)2)40(28,4)5/h14,17-18,21-23,28-29,34,36-40,48-49H,10-13,15-16,19-20,24-27H2,1-9H3,(H,44,50);10-16,23-24,28,32-36,47-48H,17-21H2,1-9H3,(H,41,49)(H,42,50)/t28-,29-,34+,36-,37-,38-,39-,40-;23-,24-,28+,32-,33-,34-,35-,36-/m00/s1. The molecule has 7 N–H and O–H groups in total. The maximum atomic E-state index is 14.3. The number of hydrogen-bond acceptors (Lipinski definition) is 17. The molecule has 6 aliphatic carbocycles. The maximum Gasteiger partial charge on any atom is 0.251 e. The lowest BCUT2D eigenvalue weighted by molar-refractivity contribution is -0.183. The van der Waals surface area contributed by atoms with Crippen LogP contribution >= 0.6 is 0 Å². The number of para-hydroxylation sites is 2. The van der Waals surface area contributed by atoms with Crippen molar-refractivity contribution >= 4 is 23.4 Å². The van der Waals surface area contributed by atoms with E-state index in [4.69, 9.17) is 19.1 Å². The zero-order chi connectivity index (χ0) is 75.4. The van der Waals surface area contributed by atoms with Crippen LogP contribution in [0.15, 0.2) is 78.9 Å². The number of rotatable bonds is 30. The van der Waals surface area contributed by atoms with Gasteiger partial charge in [0.25, 0.3) is 5.91 Å². The van der Waals surface area contributed by atoms with Gasteiger partial charge in [0.2, 0.25) is 11.8 Å². The number of nitrogens with zero attached hydrogens (tertiary/aromatic N) is 7. The molecule has 2 aliphatic heterocycles. The maximum absolute atomic E-state index is 14.3. The summed E-state index contributed by atoms with van der Waals surface area (Å²) in [6, 6.07) is 25.1. The number of aliphatic hydroxyl groups is 4. The molecule has 21 nitrogen and oxygen atoms in total. The first kappa shape index (κ1) is 80.0. The predicted octanol–water partition coefficient (Wildman–Crippen LogP) is 9.85. The number of aliphatic hydroxyl groups excluding tert-OH is 4. The number of hydroxylamine groups is 4. The Morgan fingerprint density at radius 2 is 1.09 bits per heavy atom. The number of benzene rings is 4. The fourth-order valence-electron chi connectivity index (χ4n) is 18.5. The fraction of sp³-hybridized carbons (Fsp3) is 0.639. The van der Waals surface area contributed by atoms with Crippen LogP contribution in [0.5, 0.6) is 11.5 Å². The summed E-state index contributed by atoms with van der Waals surface area (Å²) >= 11 is 0. The molecule has 4 bridgehead atoms. The molecule has 8 fully saturated rings. The number of amides is 3. The topological polar surface area (TPSA) is 239 Å². The molecule has 6 saturated carbocycles. The summed E-state index contributed by atoms with van der Waals surface area (Å²) in [6.07, 6.45) is 7.74. The number of aromatic nitrogens is 2. The lowest BCUT2D eigenvalue weighted by Crippen LogP contribution is -2.62. The average Bonchev–Trinajstić information content (AvgIpc) is 0.844. The van der Waals surface area contributed by atoms with Crippen molar-refractivity contribution in [2.24, 2.45) is 65.2 Å². The van der Waals surface area contributed by atoms with Gasteiger partial charge in [-0.1, -0.05) is 96.1 Å². The second-order valence-corrected chi connectivity index (χ2v) is 33.3. The third-order valence-electron chi connectivity index (χ3n) is 25.0. The molecule has 2 saturated heterocycles. The first-order valence-electron chi connectivity index (χ1n) is 38.3. The van der Waals surface area contributed by atoms with E-state index in [0.29, 0.717) is 58.8 Å². The van der Waals surface area contributed by atoms with Crippen molar-refractivity contribution in [1.82, 2.24) is 45.7 Å². The Labute approximate surface area is 619 Å². The van der Waals surface area contributed by atoms with E-state index in [9.17, 15) is 34.8 Å². The normalized spacial score (nSPS) is 27.3. The van der Waals surface area contributed by atoms with Crippen molar-refractivity contribution in [3.8, 4) is 33.8 Å². The molecule has 3 heterocycles. The summed E-state index contributed by atoms with van der Waals surface area (Å²) in [5.74, 6) is 2.55. The van der Waals surface area contributed by atoms with Gasteiger partial charge in [-0.25, -0.2) is 0 Å². The first-order chi connectivity index (χ1) is 49.4. The monoisotopic (exact) mass is 1440 g/mol. The minimum absolute atomic E-state index is 0.0373. The highest BCUT2D eigenvalue weighted by atomic mass is 16.7. The largest absolute Gasteiger partial charge is 0.496 e. The number of aryl methyl sites for hydroxylation is 4. The zero-order valence-corrected chi connectivity index (χ0v) is 65.5. The molecule has 5 aromatic rings. The van der Waals surface area contributed by atoms with Gasteiger partial charge in [0.05, 0.1) is 65.0 Å². The minimum Gasteiger partial charge on any atom is -0.496 e. The molecule has 0 spiro atoms. The van der Waals surface area contributed by atoms with Crippen molar-refractivity contribution in [1.29, 1.82) is 0 Å². The molecule has 4 aromatic carbocycles. The molecular formula is C83H124N10O11. The Hall–Kier alpha value is -6.50. The Morgan fingerprint density at radius 3 is 1.46 bits per heavy atom. The number of nitrogens with one attached hydrogen (secondary N) is 3. The van der Waals surface area contributed by atoms with E-state index in [1.54, 1.807) is 42.9 Å². The lowest BCUT2D eigenvalue weighted by Gasteiger charge is -2.62. The van der Waals surface area contributed by atoms with Crippen molar-refractivity contribution in [3.05, 3.63) is 118 Å². The molecule has 0 radical (unpaired) electrons. The van der Waals surface area contributed by atoms with Gasteiger partial charge in [0.1, 0.15) is 35.8 Å². The van der Waals surface area contributed by atoms with E-state index in [-0.39, 0.29) is 61.5 Å². The van der Waals surface area contributed by atoms with Gasteiger partial charge in [0, 0.05) is 84.3 Å². The van der Waals surface area contributed by atoms with Crippen LogP contribution in [-0.4, -0.2) is 199 Å². The van der Waals surface area contributed by atoms with Gasteiger partial charge >= 0.3 is 0 Å². The minimum atomic E-state index is -0.901. The van der Waals surface area contributed by atoms with E-state index in [0.717, 1.165) is 121 Å². The first-order valence-corrected chi connectivity index (χ1v) is 38.3. The number of anilines is 1. The summed E-state index contributed by atoms with van der Waals surface area (Å²) < 4.78 is 14.0. The summed E-state index contributed by atoms with van der Waals surface area (Å²) in [6.45, 7) is 21.5. The third kappa shape index (κ3) is 17.5. The average molecular weight is 1440 g/mol. The molecule has 104 heavy (non-hydrogen) atoms. The smallest absolute Gasteiger partial charge is 0.251 e. The molecule has 0 unspecified atom stereocenters. The molecule has 3 amide bonds. The number of carbonyl (C=O) groups is 3. The summed E-state index contributed by atoms with van der Waals surface area (Å²) in [7, 11) is 17.5. The summed E-state index contributed by atoms with van der Waals surface area (Å²) in [5, 5.41) is 60.0. The molecular weight excluding hydrogens is 1310 g/mol. The van der Waals surface area contributed by atoms with E-state index in [1.807, 2.05) is 87.6 Å². The van der Waals surface area contributed by atoms with Gasteiger partial charge in [-0.15, -0.1) is 0 Å². The van der Waals surface area contributed by atoms with Crippen LogP contribution in [0.25, 0.3) is 22.3 Å². The van der Waals surface area contributed by atoms with Crippen LogP contribution in [0.3, 0.4) is 0 Å². The fourth-order valence-corrected chi connectivity index (χ4v) is 18.5. The van der Waals surface area contributed by atoms with Crippen LogP contribution in [0.4, 0.5) is 5.69 Å². The number of methoxy groups -OCH3 is 2. The number of carbonyl (C=O) groups excluding carboxylic acids is 3. The second-order valence-electron chi connectivity index (χ2n) is 33.3. The van der Waals surface area contributed by atoms with Crippen molar-refractivity contribution in [3.63, 3.8) is 0 Å². The summed E-state index contributed by atoms with van der Waals surface area (Å²) in [4.78, 5) is 61.0. The molecule has 21 heteroatoms. The van der Waals surface area contributed by atoms with Crippen molar-refractivity contribution in [2.75, 3.05) is 87.7 Å². The van der Waals surface area contributed by atoms with Gasteiger partial charge in [-0.3, -0.25) is 28.7 Å². The highest BCUT2D eigenvalue weighted by molar-refractivity contribution is 5.97. The van der Waals surface area contributed by atoms with Gasteiger partial charge in [0.15, 0.2) is 0 Å². The van der Waals surface area contributed by atoms with Crippen molar-refractivity contribution < 1.29 is 54.0 Å². The molecule has 572 valence electrons. The molecule has 1 aromatic heterocycles. The third-order valence-corrected chi connectivity index (χ3v) is 25.0. The van der Waals surface area contributed by atoms with Crippen LogP contribution in [0.2, 0.25) is 0 Å². The highest BCUT2D eigenvalue weighted by Gasteiger charge is 2.59. The number of unbranched alkanes of at least 4 members (excludes halogenated alkanes) is 2. The van der Waals surface area contributed by atoms with E-state index >= 15 is 0 Å². The quantitative estimate of drug-likeness (QED) is 0.0212. The predicted molar refractivity (Wildman–Crippen MR) is 408 cm³/mol. The zero-order valence-electron chi connectivity index (χ0n) is 65.5. The van der Waals surface area contributed by atoms with E-state index < -0.39 is 48.3 Å². The van der Waals surface area contributed by atoms with Crippen molar-refractivity contribution in [2.45, 2.75) is 195 Å². The van der Waals surface area contributed by atoms with Gasteiger partial charge in [-0.05, 0) is 219 Å². The second kappa shape index (κ2) is 34.2. The van der Waals surface area contributed by atoms with E-state index in [1.165, 1.54) is 24.0 Å². The van der Waals surface area contributed by atoms with Gasteiger partial charge in [-0.2, -0.15) is 15.2 Å². The molecule has 16 atom stereocenters.